The number of aromatic nitrogens is 2. The second-order valence-corrected chi connectivity index (χ2v) is 19.3. The maximum Gasteiger partial charge on any atom is 0.136 e. The van der Waals surface area contributed by atoms with Gasteiger partial charge in [0.2, 0.25) is 0 Å². The minimum atomic E-state index is 0.877. The van der Waals surface area contributed by atoms with Crippen LogP contribution in [0, 0.1) is 0 Å². The van der Waals surface area contributed by atoms with Gasteiger partial charge in [-0.2, -0.15) is 0 Å². The van der Waals surface area contributed by atoms with Gasteiger partial charge >= 0.3 is 0 Å². The monoisotopic (exact) mass is 910 g/mol. The lowest BCUT2D eigenvalue weighted by Crippen LogP contribution is -1.93. The highest BCUT2D eigenvalue weighted by Gasteiger charge is 2.19. The van der Waals surface area contributed by atoms with Crippen molar-refractivity contribution in [1.82, 2.24) is 9.55 Å². The molecular weight excluding hydrogens is 873 g/mol. The molecule has 0 fully saturated rings. The van der Waals surface area contributed by atoms with Crippen LogP contribution < -0.4 is 0 Å². The minimum Gasteiger partial charge on any atom is -0.456 e. The summed E-state index contributed by atoms with van der Waals surface area (Å²) in [4.78, 5) is 5.37. The van der Waals surface area contributed by atoms with Gasteiger partial charge in [-0.1, -0.05) is 140 Å². The number of fused-ring (bicyclic) bond motifs is 12. The first-order valence-corrected chi connectivity index (χ1v) is 24.5. The van der Waals surface area contributed by atoms with Gasteiger partial charge in [-0.05, 0) is 124 Å². The third kappa shape index (κ3) is 6.12. The zero-order valence-electron chi connectivity index (χ0n) is 37.6. The Morgan fingerprint density at radius 1 is 0.314 bits per heavy atom. The Labute approximate surface area is 405 Å². The fourth-order valence-electron chi connectivity index (χ4n) is 10.9. The predicted octanol–water partition coefficient (Wildman–Crippen LogP) is 18.7. The van der Waals surface area contributed by atoms with Gasteiger partial charge in [-0.3, -0.25) is 0 Å². The maximum absolute atomic E-state index is 6.60. The van der Waals surface area contributed by atoms with Gasteiger partial charge in [0.15, 0.2) is 0 Å². The van der Waals surface area contributed by atoms with Gasteiger partial charge < -0.3 is 13.4 Å². The first-order chi connectivity index (χ1) is 34.6. The average molecular weight is 911 g/mol. The van der Waals surface area contributed by atoms with Crippen LogP contribution in [0.25, 0.3) is 147 Å². The topological polar surface area (TPSA) is 44.1 Å². The largest absolute Gasteiger partial charge is 0.456 e. The lowest BCUT2D eigenvalue weighted by molar-refractivity contribution is 0.668. The number of pyridine rings is 1. The van der Waals surface area contributed by atoms with Gasteiger partial charge in [0.05, 0.1) is 22.4 Å². The summed E-state index contributed by atoms with van der Waals surface area (Å²) in [5.74, 6) is 0. The predicted molar refractivity (Wildman–Crippen MR) is 293 cm³/mol. The maximum atomic E-state index is 6.60. The van der Waals surface area contributed by atoms with Crippen LogP contribution in [0.2, 0.25) is 0 Å². The lowest BCUT2D eigenvalue weighted by Gasteiger charge is -2.12. The van der Waals surface area contributed by atoms with E-state index in [9.17, 15) is 0 Å². The number of furan rings is 2. The highest BCUT2D eigenvalue weighted by molar-refractivity contribution is 7.26. The summed E-state index contributed by atoms with van der Waals surface area (Å²) in [5.41, 5.74) is 17.9. The van der Waals surface area contributed by atoms with Crippen molar-refractivity contribution in [3.8, 4) is 61.6 Å². The van der Waals surface area contributed by atoms with E-state index in [1.165, 1.54) is 47.5 Å². The van der Waals surface area contributed by atoms with E-state index in [2.05, 4.69) is 223 Å². The van der Waals surface area contributed by atoms with E-state index in [4.69, 9.17) is 13.8 Å². The van der Waals surface area contributed by atoms with E-state index in [0.29, 0.717) is 0 Å². The average Bonchev–Trinajstić information content (AvgIpc) is 4.19. The van der Waals surface area contributed by atoms with Crippen molar-refractivity contribution in [2.75, 3.05) is 0 Å². The van der Waals surface area contributed by atoms with Crippen molar-refractivity contribution in [3.63, 3.8) is 0 Å². The normalized spacial score (nSPS) is 12.0. The lowest BCUT2D eigenvalue weighted by atomic mass is 9.96. The van der Waals surface area contributed by atoms with Crippen molar-refractivity contribution in [2.24, 2.45) is 0 Å². The number of hydrogen-bond donors (Lipinski definition) is 0. The molecule has 326 valence electrons. The molecule has 0 saturated heterocycles. The summed E-state index contributed by atoms with van der Waals surface area (Å²) in [7, 11) is 0. The molecule has 0 spiro atoms. The van der Waals surface area contributed by atoms with Crippen LogP contribution in [0.3, 0.4) is 0 Å². The van der Waals surface area contributed by atoms with Gasteiger partial charge in [-0.25, -0.2) is 4.98 Å². The molecule has 0 N–H and O–H groups in total. The van der Waals surface area contributed by atoms with Crippen LogP contribution in [0.4, 0.5) is 0 Å². The van der Waals surface area contributed by atoms with Crippen molar-refractivity contribution in [3.05, 3.63) is 231 Å². The zero-order valence-corrected chi connectivity index (χ0v) is 38.4. The Morgan fingerprint density at radius 2 is 0.886 bits per heavy atom. The van der Waals surface area contributed by atoms with Crippen LogP contribution in [0.5, 0.6) is 0 Å². The van der Waals surface area contributed by atoms with Crippen LogP contribution in [0.15, 0.2) is 239 Å². The molecule has 0 saturated carbocycles. The summed E-state index contributed by atoms with van der Waals surface area (Å²) in [6.07, 6.45) is 0. The molecule has 0 unspecified atom stereocenters. The molecule has 4 nitrogen and oxygen atoms in total. The molecular formula is C65H38N2O2S. The molecule has 15 aromatic rings. The Bertz CT molecular complexity index is 4590. The van der Waals surface area contributed by atoms with Gasteiger partial charge in [-0.15, -0.1) is 11.3 Å². The number of rotatable bonds is 6. The van der Waals surface area contributed by atoms with E-state index in [1.807, 2.05) is 23.5 Å². The van der Waals surface area contributed by atoms with E-state index in [1.54, 1.807) is 0 Å². The molecule has 0 amide bonds. The zero-order chi connectivity index (χ0) is 45.9. The Kier molecular flexibility index (Phi) is 8.49. The molecule has 0 aliphatic heterocycles. The number of benzene rings is 10. The summed E-state index contributed by atoms with van der Waals surface area (Å²) < 4.78 is 17.8. The number of hydrogen-bond acceptors (Lipinski definition) is 4. The van der Waals surface area contributed by atoms with E-state index < -0.39 is 0 Å². The molecule has 0 bridgehead atoms. The SMILES string of the molecule is c1ccc(-c2cc(-c3ccc4c(c3)oc3ccccc34)cc(-c3cccc4sc5cc(-c6ccc7c(c6)oc6ccc(-c8ccc9c%10ccccc%10n(-c%10ccccc%10)c9c8)cc67)ccc5c34)n2)cc1. The van der Waals surface area contributed by atoms with Crippen molar-refractivity contribution in [1.29, 1.82) is 0 Å². The molecule has 5 heteroatoms. The molecule has 5 aromatic heterocycles. The molecule has 10 aromatic carbocycles. The third-order valence-electron chi connectivity index (χ3n) is 14.2. The highest BCUT2D eigenvalue weighted by Crippen LogP contribution is 2.44. The number of para-hydroxylation sites is 3. The summed E-state index contributed by atoms with van der Waals surface area (Å²) in [5, 5.41) is 9.39. The van der Waals surface area contributed by atoms with Crippen LogP contribution >= 0.6 is 11.3 Å². The summed E-state index contributed by atoms with van der Waals surface area (Å²) in [6, 6.07) is 82.6. The molecule has 70 heavy (non-hydrogen) atoms. The Balaban J connectivity index is 0.802. The van der Waals surface area contributed by atoms with Crippen LogP contribution in [-0.2, 0) is 0 Å². The quantitative estimate of drug-likeness (QED) is 0.167. The highest BCUT2D eigenvalue weighted by atomic mass is 32.1. The van der Waals surface area contributed by atoms with Crippen LogP contribution in [-0.4, -0.2) is 9.55 Å². The van der Waals surface area contributed by atoms with Gasteiger partial charge in [0, 0.05) is 69.3 Å². The summed E-state index contributed by atoms with van der Waals surface area (Å²) >= 11 is 1.83. The van der Waals surface area contributed by atoms with E-state index in [-0.39, 0.29) is 0 Å². The van der Waals surface area contributed by atoms with E-state index in [0.717, 1.165) is 99.9 Å². The Morgan fingerprint density at radius 3 is 1.70 bits per heavy atom. The third-order valence-corrected chi connectivity index (χ3v) is 15.3. The second-order valence-electron chi connectivity index (χ2n) is 18.2. The van der Waals surface area contributed by atoms with E-state index >= 15 is 0 Å². The summed E-state index contributed by atoms with van der Waals surface area (Å²) in [6.45, 7) is 0. The fourth-order valence-corrected chi connectivity index (χ4v) is 12.0. The van der Waals surface area contributed by atoms with Crippen molar-refractivity contribution >= 4 is 97.2 Å². The molecule has 0 aliphatic carbocycles. The molecule has 0 aliphatic rings. The number of thiophene rings is 1. The smallest absolute Gasteiger partial charge is 0.136 e. The first kappa shape index (κ1) is 39.0. The van der Waals surface area contributed by atoms with Gasteiger partial charge in [0.1, 0.15) is 22.3 Å². The second kappa shape index (κ2) is 15.2. The first-order valence-electron chi connectivity index (χ1n) is 23.7. The van der Waals surface area contributed by atoms with Gasteiger partial charge in [0.25, 0.3) is 0 Å². The molecule has 0 atom stereocenters. The van der Waals surface area contributed by atoms with Crippen LogP contribution in [0.1, 0.15) is 0 Å². The number of nitrogens with zero attached hydrogens (tertiary/aromatic N) is 2. The minimum absolute atomic E-state index is 0.877. The fraction of sp³-hybridized carbons (Fsp3) is 0. The van der Waals surface area contributed by atoms with Crippen molar-refractivity contribution < 1.29 is 8.83 Å². The molecule has 5 heterocycles. The standard InChI is InChI=1S/C65H38N2O2S/c1-3-12-39(13-4-1)55-33-45(43-24-28-50-49-17-8-10-20-59(49)68-61(50)37-43)34-56(66-55)52-18-11-21-63-65(52)53-30-25-44(38-64(53)70-63)42-23-29-51-54-32-40(26-31-60(54)69-62(51)36-42)41-22-27-48-47-16-7-9-19-57(47)67(58(48)35-41)46-14-5-2-6-15-46/h1-38H. The molecule has 0 radical (unpaired) electrons. The Hall–Kier alpha value is -9.03. The van der Waals surface area contributed by atoms with Crippen molar-refractivity contribution in [2.45, 2.75) is 0 Å². The molecule has 15 rings (SSSR count).